The van der Waals surface area contributed by atoms with Crippen LogP contribution in [0.25, 0.3) is 0 Å². The molecule has 90 valence electrons. The molecule has 1 aromatic rings. The molecule has 0 atom stereocenters. The Morgan fingerprint density at radius 3 is 2.75 bits per heavy atom. The molecule has 16 heavy (non-hydrogen) atoms. The Kier molecular flexibility index (Phi) is 5.84. The first-order chi connectivity index (χ1) is 7.75. The molecule has 0 fully saturated rings. The van der Waals surface area contributed by atoms with E-state index in [-0.39, 0.29) is 16.7 Å². The van der Waals surface area contributed by atoms with Gasteiger partial charge in [-0.15, -0.1) is 0 Å². The van der Waals surface area contributed by atoms with Crippen LogP contribution in [0.1, 0.15) is 0 Å². The van der Waals surface area contributed by atoms with Crippen LogP contribution in [0.2, 0.25) is 5.02 Å². The molecule has 0 bridgehead atoms. The molecule has 7 heteroatoms. The zero-order chi connectivity index (χ0) is 11.8. The van der Waals surface area contributed by atoms with Gasteiger partial charge in [-0.2, -0.15) is 0 Å². The maximum Gasteiger partial charge on any atom is 0.238 e. The minimum absolute atomic E-state index is 0.201. The first-order valence-electron chi connectivity index (χ1n) is 4.71. The lowest BCUT2D eigenvalue weighted by molar-refractivity contribution is 0.0537. The normalized spacial score (nSPS) is 10.4. The summed E-state index contributed by atoms with van der Waals surface area (Å²) >= 11 is 5.82. The van der Waals surface area contributed by atoms with Crippen molar-refractivity contribution in [1.29, 1.82) is 0 Å². The van der Waals surface area contributed by atoms with Crippen molar-refractivity contribution >= 4 is 17.4 Å². The third-order valence-electron chi connectivity index (χ3n) is 1.68. The molecule has 2 N–H and O–H groups in total. The molecule has 0 aliphatic carbocycles. The zero-order valence-corrected chi connectivity index (χ0v) is 9.74. The third-order valence-corrected chi connectivity index (χ3v) is 2.04. The molecule has 0 radical (unpaired) electrons. The number of aromatic nitrogens is 2. The van der Waals surface area contributed by atoms with E-state index in [4.69, 9.17) is 31.5 Å². The van der Waals surface area contributed by atoms with E-state index in [2.05, 4.69) is 9.97 Å². The summed E-state index contributed by atoms with van der Waals surface area (Å²) in [6, 6.07) is 0. The van der Waals surface area contributed by atoms with Crippen molar-refractivity contribution in [3.8, 4) is 5.88 Å². The van der Waals surface area contributed by atoms with Gasteiger partial charge in [0.25, 0.3) is 0 Å². The van der Waals surface area contributed by atoms with Gasteiger partial charge in [0, 0.05) is 7.11 Å². The quantitative estimate of drug-likeness (QED) is 0.717. The standard InChI is InChI=1S/C9H14ClN3O3/c1-14-2-3-15-4-5-16-9-7(10)8(11)12-6-13-9/h6H,2-5H2,1H3,(H2,11,12,13). The van der Waals surface area contributed by atoms with Crippen molar-refractivity contribution in [2.75, 3.05) is 39.3 Å². The molecule has 0 spiro atoms. The maximum absolute atomic E-state index is 5.82. The van der Waals surface area contributed by atoms with Crippen molar-refractivity contribution in [3.05, 3.63) is 11.3 Å². The lowest BCUT2D eigenvalue weighted by atomic mass is 10.5. The Morgan fingerprint density at radius 1 is 1.25 bits per heavy atom. The van der Waals surface area contributed by atoms with Crippen LogP contribution in [0.3, 0.4) is 0 Å². The summed E-state index contributed by atoms with van der Waals surface area (Å²) in [7, 11) is 1.61. The molecule has 0 saturated carbocycles. The highest BCUT2D eigenvalue weighted by atomic mass is 35.5. The summed E-state index contributed by atoms with van der Waals surface area (Å²) in [4.78, 5) is 7.56. The van der Waals surface area contributed by atoms with E-state index in [1.165, 1.54) is 6.33 Å². The number of methoxy groups -OCH3 is 1. The monoisotopic (exact) mass is 247 g/mol. The van der Waals surface area contributed by atoms with Crippen LogP contribution in [-0.2, 0) is 9.47 Å². The minimum atomic E-state index is 0.201. The molecule has 1 rings (SSSR count). The number of nitrogens with two attached hydrogens (primary N) is 1. The van der Waals surface area contributed by atoms with Crippen molar-refractivity contribution in [1.82, 2.24) is 9.97 Å². The summed E-state index contributed by atoms with van der Waals surface area (Å²) in [5.74, 6) is 0.469. The van der Waals surface area contributed by atoms with Gasteiger partial charge < -0.3 is 19.9 Å². The Bertz CT molecular complexity index is 325. The van der Waals surface area contributed by atoms with Crippen molar-refractivity contribution < 1.29 is 14.2 Å². The van der Waals surface area contributed by atoms with Crippen LogP contribution in [0.15, 0.2) is 6.33 Å². The van der Waals surface area contributed by atoms with Crippen molar-refractivity contribution in [2.45, 2.75) is 0 Å². The van der Waals surface area contributed by atoms with Gasteiger partial charge in [-0.1, -0.05) is 11.6 Å². The van der Waals surface area contributed by atoms with Crippen LogP contribution in [0, 0.1) is 0 Å². The number of ether oxygens (including phenoxy) is 3. The molecule has 1 aromatic heterocycles. The summed E-state index contributed by atoms with van der Waals surface area (Å²) < 4.78 is 15.3. The fourth-order valence-electron chi connectivity index (χ4n) is 0.909. The van der Waals surface area contributed by atoms with E-state index in [0.29, 0.717) is 26.4 Å². The fraction of sp³-hybridized carbons (Fsp3) is 0.556. The van der Waals surface area contributed by atoms with Crippen LogP contribution >= 0.6 is 11.6 Å². The lowest BCUT2D eigenvalue weighted by Gasteiger charge is -2.07. The van der Waals surface area contributed by atoms with E-state index < -0.39 is 0 Å². The van der Waals surface area contributed by atoms with Gasteiger partial charge in [0.1, 0.15) is 23.8 Å². The molecule has 0 saturated heterocycles. The maximum atomic E-state index is 5.82. The van der Waals surface area contributed by atoms with E-state index >= 15 is 0 Å². The van der Waals surface area contributed by atoms with Gasteiger partial charge in [-0.25, -0.2) is 9.97 Å². The predicted octanol–water partition coefficient (Wildman–Crippen LogP) is 0.754. The zero-order valence-electron chi connectivity index (χ0n) is 8.98. The first kappa shape index (κ1) is 13.0. The highest BCUT2D eigenvalue weighted by Gasteiger charge is 2.06. The number of nitrogen functional groups attached to an aromatic ring is 1. The average Bonchev–Trinajstić information content (AvgIpc) is 2.29. The molecule has 0 aliphatic rings. The summed E-state index contributed by atoms with van der Waals surface area (Å²) in [6.45, 7) is 1.87. The Hall–Kier alpha value is -1.11. The number of nitrogens with zero attached hydrogens (tertiary/aromatic N) is 2. The van der Waals surface area contributed by atoms with E-state index in [0.717, 1.165) is 0 Å². The molecular formula is C9H14ClN3O3. The second kappa shape index (κ2) is 7.21. The van der Waals surface area contributed by atoms with Crippen LogP contribution < -0.4 is 10.5 Å². The van der Waals surface area contributed by atoms with Gasteiger partial charge in [0.2, 0.25) is 5.88 Å². The van der Waals surface area contributed by atoms with Crippen molar-refractivity contribution in [3.63, 3.8) is 0 Å². The fourth-order valence-corrected chi connectivity index (χ4v) is 1.06. The number of anilines is 1. The number of hydrogen-bond acceptors (Lipinski definition) is 6. The highest BCUT2D eigenvalue weighted by Crippen LogP contribution is 2.24. The van der Waals surface area contributed by atoms with Gasteiger partial charge >= 0.3 is 0 Å². The van der Waals surface area contributed by atoms with Gasteiger partial charge in [-0.05, 0) is 0 Å². The summed E-state index contributed by atoms with van der Waals surface area (Å²) in [5, 5.41) is 0.222. The predicted molar refractivity (Wildman–Crippen MR) is 59.6 cm³/mol. The summed E-state index contributed by atoms with van der Waals surface area (Å²) in [6.07, 6.45) is 1.29. The SMILES string of the molecule is COCCOCCOc1ncnc(N)c1Cl. The number of halogens is 1. The lowest BCUT2D eigenvalue weighted by Crippen LogP contribution is -2.11. The van der Waals surface area contributed by atoms with E-state index in [1.807, 2.05) is 0 Å². The number of hydrogen-bond donors (Lipinski definition) is 1. The number of rotatable bonds is 7. The molecule has 0 unspecified atom stereocenters. The molecular weight excluding hydrogens is 234 g/mol. The van der Waals surface area contributed by atoms with E-state index in [1.54, 1.807) is 7.11 Å². The molecule has 1 heterocycles. The summed E-state index contributed by atoms with van der Waals surface area (Å²) in [5.41, 5.74) is 5.48. The smallest absolute Gasteiger partial charge is 0.238 e. The van der Waals surface area contributed by atoms with Gasteiger partial charge in [0.05, 0.1) is 19.8 Å². The Labute approximate surface area is 98.7 Å². The molecule has 0 aromatic carbocycles. The van der Waals surface area contributed by atoms with Crippen LogP contribution in [-0.4, -0.2) is 43.5 Å². The average molecular weight is 248 g/mol. The largest absolute Gasteiger partial charge is 0.474 e. The topological polar surface area (TPSA) is 79.5 Å². The van der Waals surface area contributed by atoms with Gasteiger partial charge in [-0.3, -0.25) is 0 Å². The second-order valence-corrected chi connectivity index (χ2v) is 3.21. The highest BCUT2D eigenvalue weighted by molar-refractivity contribution is 6.33. The molecule has 0 amide bonds. The first-order valence-corrected chi connectivity index (χ1v) is 5.09. The Morgan fingerprint density at radius 2 is 2.00 bits per heavy atom. The van der Waals surface area contributed by atoms with Crippen molar-refractivity contribution in [2.24, 2.45) is 0 Å². The third kappa shape index (κ3) is 4.18. The van der Waals surface area contributed by atoms with E-state index in [9.17, 15) is 0 Å². The van der Waals surface area contributed by atoms with Gasteiger partial charge in [0.15, 0.2) is 0 Å². The molecule has 6 nitrogen and oxygen atoms in total. The molecule has 0 aliphatic heterocycles. The van der Waals surface area contributed by atoms with Crippen LogP contribution in [0.5, 0.6) is 5.88 Å². The minimum Gasteiger partial charge on any atom is -0.474 e. The second-order valence-electron chi connectivity index (χ2n) is 2.83. The Balaban J connectivity index is 2.24. The van der Waals surface area contributed by atoms with Crippen LogP contribution in [0.4, 0.5) is 5.82 Å².